The highest BCUT2D eigenvalue weighted by Gasteiger charge is 2.16. The second-order valence-corrected chi connectivity index (χ2v) is 9.82. The molecular weight excluding hydrogens is 440 g/mol. The molecule has 5 aromatic rings. The fourth-order valence-electron chi connectivity index (χ4n) is 3.47. The molecule has 0 fully saturated rings. The van der Waals surface area contributed by atoms with E-state index in [4.69, 9.17) is 10.1 Å². The quantitative estimate of drug-likeness (QED) is 0.405. The lowest BCUT2D eigenvalue weighted by Gasteiger charge is -2.11. The third-order valence-corrected chi connectivity index (χ3v) is 6.92. The smallest absolute Gasteiger partial charge is 0.238 e. The summed E-state index contributed by atoms with van der Waals surface area (Å²) in [5.41, 5.74) is 3.38. The Morgan fingerprint density at radius 1 is 0.812 bits per heavy atom. The minimum atomic E-state index is -3.76. The number of aromatic nitrogens is 3. The van der Waals surface area contributed by atoms with E-state index in [1.54, 1.807) is 36.3 Å². The van der Waals surface area contributed by atoms with Crippen LogP contribution in [0.2, 0.25) is 0 Å². The van der Waals surface area contributed by atoms with E-state index < -0.39 is 10.0 Å². The number of rotatable bonds is 5. The summed E-state index contributed by atoms with van der Waals surface area (Å²) in [4.78, 5) is 11.3. The molecule has 32 heavy (non-hydrogen) atoms. The van der Waals surface area contributed by atoms with Crippen molar-refractivity contribution in [2.75, 3.05) is 0 Å². The molecule has 0 bridgehead atoms. The van der Waals surface area contributed by atoms with Gasteiger partial charge in [0.05, 0.1) is 16.6 Å². The maximum atomic E-state index is 11.6. The van der Waals surface area contributed by atoms with Gasteiger partial charge in [-0.1, -0.05) is 30.0 Å². The Morgan fingerprint density at radius 3 is 2.19 bits per heavy atom. The van der Waals surface area contributed by atoms with Gasteiger partial charge in [-0.05, 0) is 66.7 Å². The number of hydrogen-bond acceptors (Lipinski definition) is 5. The lowest BCUT2D eigenvalue weighted by Crippen LogP contribution is -2.11. The van der Waals surface area contributed by atoms with Gasteiger partial charge in [0.15, 0.2) is 0 Å². The average Bonchev–Trinajstić information content (AvgIpc) is 3.19. The highest BCUT2D eigenvalue weighted by atomic mass is 32.2. The normalized spacial score (nSPS) is 11.7. The number of nitrogens with two attached hydrogens (primary N) is 1. The molecule has 0 atom stereocenters. The molecule has 0 saturated heterocycles. The molecule has 3 aromatic carbocycles. The lowest BCUT2D eigenvalue weighted by atomic mass is 10.2. The summed E-state index contributed by atoms with van der Waals surface area (Å²) in [6.45, 7) is 0. The summed E-state index contributed by atoms with van der Waals surface area (Å²) in [6, 6.07) is 26.8. The second-order valence-electron chi connectivity index (χ2n) is 7.11. The fourth-order valence-corrected chi connectivity index (χ4v) is 4.82. The van der Waals surface area contributed by atoms with Crippen LogP contribution in [0, 0.1) is 0 Å². The van der Waals surface area contributed by atoms with Crippen molar-refractivity contribution in [2.45, 2.75) is 14.7 Å². The highest BCUT2D eigenvalue weighted by Crippen LogP contribution is 2.32. The van der Waals surface area contributed by atoms with Crippen molar-refractivity contribution in [1.29, 1.82) is 0 Å². The molecule has 0 spiro atoms. The molecule has 2 aromatic heterocycles. The Hall–Kier alpha value is -3.46. The maximum Gasteiger partial charge on any atom is 0.238 e. The van der Waals surface area contributed by atoms with Gasteiger partial charge in [0.25, 0.3) is 0 Å². The number of nitrogens with zero attached hydrogens (tertiary/aromatic N) is 3. The fraction of sp³-hybridized carbons (Fsp3) is 0. The Morgan fingerprint density at radius 2 is 1.50 bits per heavy atom. The van der Waals surface area contributed by atoms with Crippen molar-refractivity contribution in [3.05, 3.63) is 97.3 Å². The van der Waals surface area contributed by atoms with Crippen LogP contribution in [0.3, 0.4) is 0 Å². The van der Waals surface area contributed by atoms with Crippen molar-refractivity contribution in [3.63, 3.8) is 0 Å². The van der Waals surface area contributed by atoms with Crippen LogP contribution in [-0.4, -0.2) is 23.0 Å². The third-order valence-electron chi connectivity index (χ3n) is 4.97. The molecule has 5 rings (SSSR count). The number of hydrogen-bond donors (Lipinski definition) is 1. The van der Waals surface area contributed by atoms with Crippen LogP contribution < -0.4 is 5.14 Å². The van der Waals surface area contributed by atoms with Gasteiger partial charge >= 0.3 is 0 Å². The first-order chi connectivity index (χ1) is 15.5. The summed E-state index contributed by atoms with van der Waals surface area (Å²) in [6.07, 6.45) is 3.45. The van der Waals surface area contributed by atoms with Gasteiger partial charge in [-0.15, -0.1) is 0 Å². The Labute approximate surface area is 189 Å². The van der Waals surface area contributed by atoms with Crippen molar-refractivity contribution < 1.29 is 8.42 Å². The summed E-state index contributed by atoms with van der Waals surface area (Å²) in [5.74, 6) is 0.692. The van der Waals surface area contributed by atoms with E-state index in [1.165, 1.54) is 17.0 Å². The number of fused-ring (bicyclic) bond motifs is 1. The summed E-state index contributed by atoms with van der Waals surface area (Å²) >= 11 is 1.70. The number of pyridine rings is 1. The van der Waals surface area contributed by atoms with E-state index in [2.05, 4.69) is 41.4 Å². The first-order valence-electron chi connectivity index (χ1n) is 9.78. The van der Waals surface area contributed by atoms with Crippen LogP contribution in [0.15, 0.2) is 112 Å². The molecule has 8 heteroatoms. The molecule has 0 amide bonds. The molecule has 2 N–H and O–H groups in total. The van der Waals surface area contributed by atoms with E-state index in [1.807, 2.05) is 28.8 Å². The summed E-state index contributed by atoms with van der Waals surface area (Å²) in [7, 11) is -3.76. The predicted octanol–water partition coefficient (Wildman–Crippen LogP) is 4.89. The highest BCUT2D eigenvalue weighted by molar-refractivity contribution is 7.99. The second kappa shape index (κ2) is 8.23. The lowest BCUT2D eigenvalue weighted by molar-refractivity contribution is 0.598. The number of sulfonamides is 1. The molecular formula is C24H18N4O2S2. The molecule has 0 aliphatic rings. The zero-order chi connectivity index (χ0) is 22.1. The molecule has 158 valence electrons. The van der Waals surface area contributed by atoms with Crippen LogP contribution in [0.1, 0.15) is 0 Å². The first kappa shape index (κ1) is 20.4. The molecule has 2 heterocycles. The van der Waals surface area contributed by atoms with Gasteiger partial charge in [0.2, 0.25) is 10.0 Å². The van der Waals surface area contributed by atoms with Gasteiger partial charge in [0.1, 0.15) is 11.3 Å². The standard InChI is InChI=1S/C24H18N4O2S2/c25-32(29,30)21-12-6-17(7-13-21)24-27-22-16-26-15-14-23(22)28(24)18-8-10-20(11-9-18)31-19-4-2-1-3-5-19/h1-16H,(H2,25,29,30). The minimum absolute atomic E-state index is 0.0628. The van der Waals surface area contributed by atoms with Crippen molar-refractivity contribution in [1.82, 2.24) is 14.5 Å². The zero-order valence-electron chi connectivity index (χ0n) is 16.8. The van der Waals surface area contributed by atoms with Crippen LogP contribution in [0.5, 0.6) is 0 Å². The number of imidazole rings is 1. The zero-order valence-corrected chi connectivity index (χ0v) is 18.4. The van der Waals surface area contributed by atoms with E-state index in [9.17, 15) is 8.42 Å². The van der Waals surface area contributed by atoms with Crippen LogP contribution in [-0.2, 0) is 10.0 Å². The van der Waals surface area contributed by atoms with Crippen LogP contribution in [0.25, 0.3) is 28.1 Å². The first-order valence-corrected chi connectivity index (χ1v) is 12.1. The van der Waals surface area contributed by atoms with Crippen molar-refractivity contribution in [3.8, 4) is 17.1 Å². The molecule has 0 unspecified atom stereocenters. The molecule has 0 radical (unpaired) electrons. The van der Waals surface area contributed by atoms with E-state index in [0.29, 0.717) is 5.82 Å². The minimum Gasteiger partial charge on any atom is -0.292 e. The van der Waals surface area contributed by atoms with Crippen molar-refractivity contribution in [2.24, 2.45) is 5.14 Å². The average molecular weight is 459 g/mol. The van der Waals surface area contributed by atoms with E-state index in [0.717, 1.165) is 27.2 Å². The molecule has 6 nitrogen and oxygen atoms in total. The topological polar surface area (TPSA) is 90.9 Å². The van der Waals surface area contributed by atoms with Gasteiger partial charge in [-0.3, -0.25) is 9.55 Å². The van der Waals surface area contributed by atoms with Crippen LogP contribution in [0.4, 0.5) is 0 Å². The third kappa shape index (κ3) is 4.03. The Balaban J connectivity index is 1.58. The summed E-state index contributed by atoms with van der Waals surface area (Å²) in [5, 5.41) is 5.24. The molecule has 0 saturated carbocycles. The number of benzene rings is 3. The maximum absolute atomic E-state index is 11.6. The number of primary sulfonamides is 1. The molecule has 0 aliphatic heterocycles. The van der Waals surface area contributed by atoms with E-state index >= 15 is 0 Å². The summed E-state index contributed by atoms with van der Waals surface area (Å²) < 4.78 is 25.3. The van der Waals surface area contributed by atoms with E-state index in [-0.39, 0.29) is 4.90 Å². The van der Waals surface area contributed by atoms with Gasteiger partial charge in [-0.25, -0.2) is 18.5 Å². The monoisotopic (exact) mass is 458 g/mol. The largest absolute Gasteiger partial charge is 0.292 e. The Bertz CT molecular complexity index is 1500. The van der Waals surface area contributed by atoms with Gasteiger partial charge < -0.3 is 0 Å². The predicted molar refractivity (Wildman–Crippen MR) is 126 cm³/mol. The van der Waals surface area contributed by atoms with Gasteiger partial charge in [-0.2, -0.15) is 0 Å². The SMILES string of the molecule is NS(=O)(=O)c1ccc(-c2nc3cnccc3n2-c2ccc(Sc3ccccc3)cc2)cc1. The van der Waals surface area contributed by atoms with Crippen LogP contribution >= 0.6 is 11.8 Å². The van der Waals surface area contributed by atoms with Gasteiger partial charge in [0, 0.05) is 27.2 Å². The Kier molecular flexibility index (Phi) is 5.26. The molecule has 0 aliphatic carbocycles. The van der Waals surface area contributed by atoms with Crippen molar-refractivity contribution >= 4 is 32.8 Å².